The first-order valence-corrected chi connectivity index (χ1v) is 12.7. The van der Waals surface area contributed by atoms with E-state index in [-0.39, 0.29) is 19.0 Å². The number of benzene rings is 3. The molecule has 4 aromatic rings. The van der Waals surface area contributed by atoms with Gasteiger partial charge in [0.05, 0.1) is 34.5 Å². The predicted molar refractivity (Wildman–Crippen MR) is 148 cm³/mol. The van der Waals surface area contributed by atoms with Gasteiger partial charge in [0.1, 0.15) is 28.7 Å². The lowest BCUT2D eigenvalue weighted by atomic mass is 9.80. The third-order valence-electron chi connectivity index (χ3n) is 6.82. The van der Waals surface area contributed by atoms with Crippen molar-refractivity contribution in [2.75, 3.05) is 40.3 Å². The number of hydrogen-bond acceptors (Lipinski definition) is 9. The van der Waals surface area contributed by atoms with Gasteiger partial charge < -0.3 is 34.2 Å². The van der Waals surface area contributed by atoms with Crippen LogP contribution in [0.5, 0.6) is 17.2 Å². The highest BCUT2D eigenvalue weighted by molar-refractivity contribution is 5.50. The van der Waals surface area contributed by atoms with Crippen molar-refractivity contribution in [1.82, 2.24) is 9.55 Å². The minimum absolute atomic E-state index is 0.0533. The Morgan fingerprint density at radius 1 is 0.825 bits per heavy atom. The Balaban J connectivity index is 1.53. The molecule has 10 nitrogen and oxygen atoms in total. The van der Waals surface area contributed by atoms with Gasteiger partial charge in [-0.2, -0.15) is 4.98 Å². The first-order chi connectivity index (χ1) is 19.5. The van der Waals surface area contributed by atoms with Gasteiger partial charge in [-0.25, -0.2) is 4.79 Å². The molecule has 1 saturated heterocycles. The summed E-state index contributed by atoms with van der Waals surface area (Å²) >= 11 is 0. The molecule has 1 fully saturated rings. The minimum Gasteiger partial charge on any atom is -0.497 e. The van der Waals surface area contributed by atoms with Gasteiger partial charge in [-0.1, -0.05) is 36.4 Å². The van der Waals surface area contributed by atoms with Gasteiger partial charge in [0.25, 0.3) is 0 Å². The lowest BCUT2D eigenvalue weighted by Crippen LogP contribution is -2.36. The minimum atomic E-state index is -1.07. The van der Waals surface area contributed by atoms with Crippen molar-refractivity contribution in [2.45, 2.75) is 18.1 Å². The van der Waals surface area contributed by atoms with E-state index in [0.29, 0.717) is 0 Å². The van der Waals surface area contributed by atoms with E-state index in [1.807, 2.05) is 72.8 Å². The quantitative estimate of drug-likeness (QED) is 0.298. The molecule has 1 aromatic heterocycles. The monoisotopic (exact) mass is 545 g/mol. The fraction of sp³-hybridized carbons (Fsp3) is 0.267. The maximum atomic E-state index is 12.3. The van der Waals surface area contributed by atoms with Crippen LogP contribution in [0.15, 0.2) is 89.9 Å². The molecule has 1 aliphatic heterocycles. The van der Waals surface area contributed by atoms with Gasteiger partial charge in [-0.3, -0.25) is 4.57 Å². The third kappa shape index (κ3) is 5.37. The molecule has 5 rings (SSSR count). The lowest BCUT2D eigenvalue weighted by molar-refractivity contribution is -0.139. The van der Waals surface area contributed by atoms with E-state index in [1.165, 1.54) is 16.8 Å². The zero-order valence-electron chi connectivity index (χ0n) is 22.5. The largest absolute Gasteiger partial charge is 0.497 e. The fourth-order valence-corrected chi connectivity index (χ4v) is 4.74. The van der Waals surface area contributed by atoms with Crippen molar-refractivity contribution in [3.05, 3.63) is 112 Å². The molecule has 0 amide bonds. The van der Waals surface area contributed by atoms with Gasteiger partial charge in [0, 0.05) is 6.20 Å². The fourth-order valence-electron chi connectivity index (χ4n) is 4.74. The molecule has 0 aliphatic carbocycles. The summed E-state index contributed by atoms with van der Waals surface area (Å²) in [6, 6.07) is 24.7. The van der Waals surface area contributed by atoms with Crippen molar-refractivity contribution in [3.63, 3.8) is 0 Å². The van der Waals surface area contributed by atoms with Crippen molar-refractivity contribution >= 4 is 5.82 Å². The van der Waals surface area contributed by atoms with Crippen LogP contribution < -0.4 is 25.6 Å². The molecule has 0 bridgehead atoms. The van der Waals surface area contributed by atoms with E-state index < -0.39 is 23.8 Å². The van der Waals surface area contributed by atoms with Crippen molar-refractivity contribution in [3.8, 4) is 17.2 Å². The zero-order chi connectivity index (χ0) is 28.1. The summed E-state index contributed by atoms with van der Waals surface area (Å²) in [5, 5.41) is 0. The number of anilines is 1. The van der Waals surface area contributed by atoms with Crippen LogP contribution in [0.2, 0.25) is 0 Å². The van der Waals surface area contributed by atoms with E-state index in [4.69, 9.17) is 34.2 Å². The number of hydrogen-bond donors (Lipinski definition) is 1. The standard InChI is InChI=1S/C30H31N3O7/c1-35-23-10-4-20(5-11-23)30(21-6-12-24(36-2)13-7-21,22-8-14-25(37-3)15-9-22)39-19-28-38-18-27(40-28)33-17-16-26(31)32-29(33)34/h4-17,27-28H,18-19H2,1-3H3,(H2,31,32,34)/t27-,28-/m0/s1. The highest BCUT2D eigenvalue weighted by atomic mass is 16.7. The second-order valence-electron chi connectivity index (χ2n) is 9.07. The predicted octanol–water partition coefficient (Wildman–Crippen LogP) is 3.73. The third-order valence-corrected chi connectivity index (χ3v) is 6.82. The van der Waals surface area contributed by atoms with Crippen molar-refractivity contribution in [2.24, 2.45) is 0 Å². The summed E-state index contributed by atoms with van der Waals surface area (Å²) in [5.41, 5.74) is 6.62. The molecular formula is C30H31N3O7. The smallest absolute Gasteiger partial charge is 0.351 e. The Morgan fingerprint density at radius 3 is 1.73 bits per heavy atom. The van der Waals surface area contributed by atoms with Crippen LogP contribution in [-0.2, 0) is 19.8 Å². The molecule has 2 N–H and O–H groups in total. The number of rotatable bonds is 10. The van der Waals surface area contributed by atoms with Crippen LogP contribution in [0.3, 0.4) is 0 Å². The number of nitrogens with zero attached hydrogens (tertiary/aromatic N) is 2. The lowest BCUT2D eigenvalue weighted by Gasteiger charge is -2.36. The topological polar surface area (TPSA) is 116 Å². The average molecular weight is 546 g/mol. The van der Waals surface area contributed by atoms with Gasteiger partial charge in [0.2, 0.25) is 0 Å². The molecule has 2 heterocycles. The van der Waals surface area contributed by atoms with Gasteiger partial charge >= 0.3 is 5.69 Å². The first kappa shape index (κ1) is 27.2. The van der Waals surface area contributed by atoms with E-state index in [0.717, 1.165) is 33.9 Å². The summed E-state index contributed by atoms with van der Waals surface area (Å²) in [5.74, 6) is 2.29. The highest BCUT2D eigenvalue weighted by Crippen LogP contribution is 2.42. The molecule has 0 unspecified atom stereocenters. The molecule has 0 spiro atoms. The molecule has 10 heteroatoms. The Hall–Kier alpha value is -4.38. The number of methoxy groups -OCH3 is 3. The Morgan fingerprint density at radius 2 is 1.30 bits per heavy atom. The maximum Gasteiger partial charge on any atom is 0.351 e. The summed E-state index contributed by atoms with van der Waals surface area (Å²) in [6.07, 6.45) is 0.133. The van der Waals surface area contributed by atoms with Crippen LogP contribution in [0.1, 0.15) is 22.9 Å². The van der Waals surface area contributed by atoms with Crippen molar-refractivity contribution < 1.29 is 28.4 Å². The summed E-state index contributed by atoms with van der Waals surface area (Å²) in [7, 11) is 4.87. The van der Waals surface area contributed by atoms with Gasteiger partial charge in [0.15, 0.2) is 12.5 Å². The SMILES string of the molecule is COc1ccc(C(OC[C@H]2OC[C@@H](n3ccc(N)nc3=O)O2)(c2ccc(OC)cc2)c2ccc(OC)cc2)cc1. The van der Waals surface area contributed by atoms with Gasteiger partial charge in [-0.05, 0) is 59.2 Å². The normalized spacial score (nSPS) is 17.0. The molecule has 0 saturated carbocycles. The Labute approximate surface area is 231 Å². The number of aromatic nitrogens is 2. The molecular weight excluding hydrogens is 514 g/mol. The number of nitrogens with two attached hydrogens (primary N) is 1. The van der Waals surface area contributed by atoms with Crippen LogP contribution in [0.25, 0.3) is 0 Å². The molecule has 208 valence electrons. The Kier molecular flexibility index (Phi) is 8.01. The van der Waals surface area contributed by atoms with E-state index in [2.05, 4.69) is 4.98 Å². The van der Waals surface area contributed by atoms with Gasteiger partial charge in [-0.15, -0.1) is 0 Å². The molecule has 2 atom stereocenters. The molecule has 1 aliphatic rings. The first-order valence-electron chi connectivity index (χ1n) is 12.7. The van der Waals surface area contributed by atoms with Crippen LogP contribution in [-0.4, -0.2) is 50.4 Å². The Bertz CT molecular complexity index is 1360. The molecule has 40 heavy (non-hydrogen) atoms. The van der Waals surface area contributed by atoms with E-state index >= 15 is 0 Å². The summed E-state index contributed by atoms with van der Waals surface area (Å²) in [4.78, 5) is 16.1. The van der Waals surface area contributed by atoms with E-state index in [9.17, 15) is 4.79 Å². The molecule has 3 aromatic carbocycles. The van der Waals surface area contributed by atoms with Crippen LogP contribution in [0, 0.1) is 0 Å². The zero-order valence-corrected chi connectivity index (χ0v) is 22.5. The van der Waals surface area contributed by atoms with E-state index in [1.54, 1.807) is 21.3 Å². The highest BCUT2D eigenvalue weighted by Gasteiger charge is 2.40. The second kappa shape index (κ2) is 11.8. The van der Waals surface area contributed by atoms with Crippen LogP contribution >= 0.6 is 0 Å². The van der Waals surface area contributed by atoms with Crippen molar-refractivity contribution in [1.29, 1.82) is 0 Å². The average Bonchev–Trinajstić information content (AvgIpc) is 3.47. The summed E-state index contributed by atoms with van der Waals surface area (Å²) < 4.78 is 36.4. The number of ether oxygens (including phenoxy) is 6. The summed E-state index contributed by atoms with van der Waals surface area (Å²) in [6.45, 7) is 0.206. The molecule has 0 radical (unpaired) electrons. The van der Waals surface area contributed by atoms with Crippen LogP contribution in [0.4, 0.5) is 5.82 Å². The maximum absolute atomic E-state index is 12.3. The second-order valence-corrected chi connectivity index (χ2v) is 9.07. The number of nitrogen functional groups attached to an aromatic ring is 1.